The summed E-state index contributed by atoms with van der Waals surface area (Å²) in [4.78, 5) is -0.410. The average Bonchev–Trinajstić information content (AvgIpc) is 2.56. The van der Waals surface area contributed by atoms with Gasteiger partial charge in [0.2, 0.25) is 10.0 Å². The minimum absolute atomic E-state index is 0.161. The van der Waals surface area contributed by atoms with E-state index in [1.165, 1.54) is 18.2 Å². The third kappa shape index (κ3) is 5.55. The van der Waals surface area contributed by atoms with Gasteiger partial charge in [-0.05, 0) is 48.7 Å². The van der Waals surface area contributed by atoms with Gasteiger partial charge in [0.25, 0.3) is 10.0 Å². The number of hydrogen-bond acceptors (Lipinski definition) is 4. The molecule has 0 heterocycles. The van der Waals surface area contributed by atoms with E-state index in [1.807, 2.05) is 12.1 Å². The molecular weight excluding hydrogens is 360 g/mol. The zero-order valence-electron chi connectivity index (χ0n) is 14.0. The number of anilines is 1. The molecule has 0 aliphatic carbocycles. The normalized spacial score (nSPS) is 12.1. The number of rotatable bonds is 8. The molecule has 2 rings (SSSR count). The zero-order chi connectivity index (χ0) is 18.5. The maximum atomic E-state index is 12.4. The van der Waals surface area contributed by atoms with E-state index in [0.717, 1.165) is 37.3 Å². The van der Waals surface area contributed by atoms with Crippen molar-refractivity contribution in [3.8, 4) is 0 Å². The van der Waals surface area contributed by atoms with E-state index in [-0.39, 0.29) is 9.79 Å². The van der Waals surface area contributed by atoms with Gasteiger partial charge in [-0.25, -0.2) is 22.0 Å². The summed E-state index contributed by atoms with van der Waals surface area (Å²) >= 11 is 0. The Balaban J connectivity index is 2.16. The van der Waals surface area contributed by atoms with Crippen LogP contribution in [-0.2, 0) is 26.5 Å². The van der Waals surface area contributed by atoms with E-state index in [4.69, 9.17) is 5.14 Å². The van der Waals surface area contributed by atoms with E-state index >= 15 is 0 Å². The van der Waals surface area contributed by atoms with Crippen molar-refractivity contribution >= 4 is 25.7 Å². The monoisotopic (exact) mass is 382 g/mol. The lowest BCUT2D eigenvalue weighted by Crippen LogP contribution is -2.16. The predicted molar refractivity (Wildman–Crippen MR) is 98.3 cm³/mol. The quantitative estimate of drug-likeness (QED) is 0.685. The average molecular weight is 383 g/mol. The van der Waals surface area contributed by atoms with Gasteiger partial charge in [-0.3, -0.25) is 4.72 Å². The number of nitrogens with one attached hydrogen (secondary N) is 1. The molecule has 0 amide bonds. The molecule has 0 radical (unpaired) electrons. The molecule has 0 aliphatic rings. The van der Waals surface area contributed by atoms with Gasteiger partial charge in [0, 0.05) is 5.69 Å². The smallest absolute Gasteiger partial charge is 0.261 e. The Labute approximate surface area is 149 Å². The largest absolute Gasteiger partial charge is 0.280 e. The number of unbranched alkanes of at least 4 members (excludes halogenated alkanes) is 2. The van der Waals surface area contributed by atoms with Gasteiger partial charge in [-0.2, -0.15) is 0 Å². The minimum Gasteiger partial charge on any atom is -0.280 e. The van der Waals surface area contributed by atoms with E-state index in [0.29, 0.717) is 5.69 Å². The Bertz CT molecular complexity index is 921. The summed E-state index contributed by atoms with van der Waals surface area (Å²) < 4.78 is 50.1. The van der Waals surface area contributed by atoms with Gasteiger partial charge >= 0.3 is 0 Å². The van der Waals surface area contributed by atoms with Crippen LogP contribution in [0, 0.1) is 0 Å². The van der Waals surface area contributed by atoms with Crippen molar-refractivity contribution in [1.29, 1.82) is 0 Å². The van der Waals surface area contributed by atoms with E-state index in [9.17, 15) is 16.8 Å². The van der Waals surface area contributed by atoms with Gasteiger partial charge < -0.3 is 0 Å². The van der Waals surface area contributed by atoms with Crippen LogP contribution < -0.4 is 9.86 Å². The highest BCUT2D eigenvalue weighted by atomic mass is 32.2. The number of benzene rings is 2. The SMILES string of the molecule is CCCCCc1ccc(NS(=O)(=O)c2cccc(S(N)(=O)=O)c2)cc1. The topological polar surface area (TPSA) is 106 Å². The fourth-order valence-electron chi connectivity index (χ4n) is 2.35. The van der Waals surface area contributed by atoms with Crippen LogP contribution >= 0.6 is 0 Å². The number of hydrogen-bond donors (Lipinski definition) is 2. The fraction of sp³-hybridized carbons (Fsp3) is 0.294. The lowest BCUT2D eigenvalue weighted by atomic mass is 10.1. The van der Waals surface area contributed by atoms with E-state index in [2.05, 4.69) is 11.6 Å². The number of sulfonamides is 2. The molecule has 0 atom stereocenters. The van der Waals surface area contributed by atoms with E-state index < -0.39 is 20.0 Å². The van der Waals surface area contributed by atoms with Crippen molar-refractivity contribution in [3.63, 3.8) is 0 Å². The molecule has 8 heteroatoms. The molecule has 2 aromatic carbocycles. The second kappa shape index (κ2) is 7.99. The number of primary sulfonamides is 1. The molecular formula is C17H22N2O4S2. The van der Waals surface area contributed by atoms with Crippen LogP contribution in [-0.4, -0.2) is 16.8 Å². The summed E-state index contributed by atoms with van der Waals surface area (Å²) in [5.41, 5.74) is 1.56. The maximum Gasteiger partial charge on any atom is 0.261 e. The summed E-state index contributed by atoms with van der Waals surface area (Å²) in [7, 11) is -7.87. The second-order valence-corrected chi connectivity index (χ2v) is 9.02. The lowest BCUT2D eigenvalue weighted by Gasteiger charge is -2.10. The molecule has 0 bridgehead atoms. The molecule has 0 fully saturated rings. The fourth-order valence-corrected chi connectivity index (χ4v) is 4.09. The standard InChI is InChI=1S/C17H22N2O4S2/c1-2-3-4-6-14-9-11-15(12-10-14)19-25(22,23)17-8-5-7-16(13-17)24(18,20)21/h5,7-13,19H,2-4,6H2,1H3,(H2,18,20,21). The van der Waals surface area contributed by atoms with Crippen molar-refractivity contribution in [2.75, 3.05) is 4.72 Å². The van der Waals surface area contributed by atoms with Gasteiger partial charge in [0.05, 0.1) is 9.79 Å². The summed E-state index contributed by atoms with van der Waals surface area (Å²) in [6.45, 7) is 2.14. The minimum atomic E-state index is -3.97. The van der Waals surface area contributed by atoms with Crippen molar-refractivity contribution in [2.24, 2.45) is 5.14 Å². The third-order valence-electron chi connectivity index (χ3n) is 3.72. The van der Waals surface area contributed by atoms with Crippen LogP contribution in [0.2, 0.25) is 0 Å². The van der Waals surface area contributed by atoms with Crippen LogP contribution in [0.5, 0.6) is 0 Å². The third-order valence-corrected chi connectivity index (χ3v) is 6.01. The van der Waals surface area contributed by atoms with Gasteiger partial charge in [0.15, 0.2) is 0 Å². The Morgan fingerprint density at radius 1 is 0.920 bits per heavy atom. The van der Waals surface area contributed by atoms with Crippen molar-refractivity contribution in [3.05, 3.63) is 54.1 Å². The van der Waals surface area contributed by atoms with Gasteiger partial charge in [-0.1, -0.05) is 38.0 Å². The van der Waals surface area contributed by atoms with Crippen LogP contribution in [0.25, 0.3) is 0 Å². The number of nitrogens with two attached hydrogens (primary N) is 1. The summed E-state index contributed by atoms with van der Waals surface area (Å²) in [6, 6.07) is 12.1. The van der Waals surface area contributed by atoms with E-state index in [1.54, 1.807) is 12.1 Å². The summed E-state index contributed by atoms with van der Waals surface area (Å²) in [6.07, 6.45) is 4.36. The molecule has 0 aromatic heterocycles. The Morgan fingerprint density at radius 3 is 2.16 bits per heavy atom. The molecule has 2 aromatic rings. The van der Waals surface area contributed by atoms with Gasteiger partial charge in [0.1, 0.15) is 0 Å². The highest BCUT2D eigenvalue weighted by molar-refractivity contribution is 7.93. The van der Waals surface area contributed by atoms with Crippen LogP contribution in [0.3, 0.4) is 0 Å². The predicted octanol–water partition coefficient (Wildman–Crippen LogP) is 2.87. The van der Waals surface area contributed by atoms with Gasteiger partial charge in [-0.15, -0.1) is 0 Å². The van der Waals surface area contributed by atoms with Crippen molar-refractivity contribution in [2.45, 2.75) is 42.4 Å². The van der Waals surface area contributed by atoms with Crippen LogP contribution in [0.4, 0.5) is 5.69 Å². The first-order valence-electron chi connectivity index (χ1n) is 7.97. The lowest BCUT2D eigenvalue weighted by molar-refractivity contribution is 0.597. The van der Waals surface area contributed by atoms with Crippen molar-refractivity contribution in [1.82, 2.24) is 0 Å². The number of aryl methyl sites for hydroxylation is 1. The summed E-state index contributed by atoms with van der Waals surface area (Å²) in [5.74, 6) is 0. The molecule has 0 spiro atoms. The second-order valence-electron chi connectivity index (χ2n) is 5.78. The first-order valence-corrected chi connectivity index (χ1v) is 11.0. The molecule has 25 heavy (non-hydrogen) atoms. The Kier molecular flexibility index (Phi) is 6.21. The molecule has 6 nitrogen and oxygen atoms in total. The molecule has 0 aliphatic heterocycles. The maximum absolute atomic E-state index is 12.4. The first kappa shape index (κ1) is 19.4. The molecule has 0 unspecified atom stereocenters. The highest BCUT2D eigenvalue weighted by Crippen LogP contribution is 2.19. The molecule has 136 valence electrons. The highest BCUT2D eigenvalue weighted by Gasteiger charge is 2.17. The summed E-state index contributed by atoms with van der Waals surface area (Å²) in [5, 5.41) is 5.05. The zero-order valence-corrected chi connectivity index (χ0v) is 15.6. The van der Waals surface area contributed by atoms with Crippen LogP contribution in [0.15, 0.2) is 58.3 Å². The molecule has 0 saturated carbocycles. The van der Waals surface area contributed by atoms with Crippen LogP contribution in [0.1, 0.15) is 31.7 Å². The van der Waals surface area contributed by atoms with Crippen molar-refractivity contribution < 1.29 is 16.8 Å². The first-order chi connectivity index (χ1) is 11.7. The molecule has 0 saturated heterocycles. The Hall–Kier alpha value is -1.90. The Morgan fingerprint density at radius 2 is 1.56 bits per heavy atom. The molecule has 3 N–H and O–H groups in total.